The van der Waals surface area contributed by atoms with Crippen molar-refractivity contribution < 1.29 is 9.53 Å². The molecule has 17 heavy (non-hydrogen) atoms. The van der Waals surface area contributed by atoms with Gasteiger partial charge in [-0.1, -0.05) is 23.8 Å². The van der Waals surface area contributed by atoms with Gasteiger partial charge in [0, 0.05) is 11.1 Å². The Bertz CT molecular complexity index is 627. The fourth-order valence-corrected chi connectivity index (χ4v) is 2.30. The lowest BCUT2D eigenvalue weighted by Gasteiger charge is -2.03. The highest BCUT2D eigenvalue weighted by Gasteiger charge is 2.26. The van der Waals surface area contributed by atoms with E-state index in [1.54, 1.807) is 7.11 Å². The number of fused-ring (bicyclic) bond motifs is 3. The van der Waals surface area contributed by atoms with E-state index in [0.29, 0.717) is 0 Å². The minimum Gasteiger partial charge on any atom is -0.497 e. The molecule has 2 nitrogen and oxygen atoms in total. The fraction of sp³-hybridized carbons (Fsp3) is 0.133. The predicted octanol–water partition coefficient (Wildman–Crippen LogP) is 3.22. The quantitative estimate of drug-likeness (QED) is 0.634. The smallest absolute Gasteiger partial charge is 0.194 e. The number of ether oxygens (including phenoxy) is 1. The van der Waals surface area contributed by atoms with E-state index in [1.165, 1.54) is 5.56 Å². The van der Waals surface area contributed by atoms with Crippen molar-refractivity contribution >= 4 is 5.78 Å². The number of methoxy groups -OCH3 is 1. The van der Waals surface area contributed by atoms with Crippen molar-refractivity contribution in [1.82, 2.24) is 0 Å². The average molecular weight is 224 g/mol. The molecule has 2 heteroatoms. The molecule has 3 rings (SSSR count). The zero-order chi connectivity index (χ0) is 12.0. The first-order valence-electron chi connectivity index (χ1n) is 5.54. The summed E-state index contributed by atoms with van der Waals surface area (Å²) >= 11 is 0. The van der Waals surface area contributed by atoms with Crippen molar-refractivity contribution in [2.75, 3.05) is 7.11 Å². The van der Waals surface area contributed by atoms with Crippen molar-refractivity contribution in [3.8, 4) is 16.9 Å². The first-order chi connectivity index (χ1) is 8.20. The SMILES string of the molecule is COc1ccc2c(c1)C(=O)c1ccc(C)cc1-2. The van der Waals surface area contributed by atoms with Crippen LogP contribution in [0, 0.1) is 6.92 Å². The van der Waals surface area contributed by atoms with Gasteiger partial charge < -0.3 is 4.74 Å². The Kier molecular flexibility index (Phi) is 2.05. The van der Waals surface area contributed by atoms with Crippen LogP contribution in [0.3, 0.4) is 0 Å². The fourth-order valence-electron chi connectivity index (χ4n) is 2.30. The lowest BCUT2D eigenvalue weighted by atomic mass is 10.0. The summed E-state index contributed by atoms with van der Waals surface area (Å²) in [6.45, 7) is 2.03. The molecule has 0 saturated carbocycles. The number of ketones is 1. The summed E-state index contributed by atoms with van der Waals surface area (Å²) in [7, 11) is 1.61. The van der Waals surface area contributed by atoms with Crippen LogP contribution < -0.4 is 4.74 Å². The minimum absolute atomic E-state index is 0.0916. The Morgan fingerprint density at radius 1 is 0.882 bits per heavy atom. The van der Waals surface area contributed by atoms with Crippen LogP contribution in [0.25, 0.3) is 11.1 Å². The highest BCUT2D eigenvalue weighted by molar-refractivity contribution is 6.21. The van der Waals surface area contributed by atoms with Gasteiger partial charge in [0.2, 0.25) is 0 Å². The van der Waals surface area contributed by atoms with E-state index in [2.05, 4.69) is 6.07 Å². The Hall–Kier alpha value is -2.09. The monoisotopic (exact) mass is 224 g/mol. The van der Waals surface area contributed by atoms with Gasteiger partial charge in [-0.25, -0.2) is 0 Å². The zero-order valence-corrected chi connectivity index (χ0v) is 9.78. The third-order valence-corrected chi connectivity index (χ3v) is 3.18. The molecular formula is C15H12O2. The van der Waals surface area contributed by atoms with Crippen LogP contribution in [0.2, 0.25) is 0 Å². The standard InChI is InChI=1S/C15H12O2/c1-9-3-5-12-13(7-9)11-6-4-10(17-2)8-14(11)15(12)16/h3-8H,1-2H3. The van der Waals surface area contributed by atoms with E-state index in [-0.39, 0.29) is 5.78 Å². The van der Waals surface area contributed by atoms with E-state index >= 15 is 0 Å². The molecule has 0 N–H and O–H groups in total. The van der Waals surface area contributed by atoms with Gasteiger partial charge in [0.05, 0.1) is 7.11 Å². The Balaban J connectivity index is 2.28. The van der Waals surface area contributed by atoms with Crippen molar-refractivity contribution in [2.45, 2.75) is 6.92 Å². The molecule has 0 bridgehead atoms. The number of carbonyl (C=O) groups excluding carboxylic acids is 1. The molecule has 0 amide bonds. The molecule has 0 fully saturated rings. The van der Waals surface area contributed by atoms with E-state index in [9.17, 15) is 4.79 Å². The van der Waals surface area contributed by atoms with E-state index < -0.39 is 0 Å². The molecule has 0 aliphatic heterocycles. The average Bonchev–Trinajstić information content (AvgIpc) is 2.62. The van der Waals surface area contributed by atoms with Gasteiger partial charge in [-0.2, -0.15) is 0 Å². The third-order valence-electron chi connectivity index (χ3n) is 3.18. The molecule has 2 aromatic rings. The lowest BCUT2D eigenvalue weighted by molar-refractivity contribution is 0.104. The van der Waals surface area contributed by atoms with E-state index in [1.807, 2.05) is 37.3 Å². The molecule has 0 heterocycles. The summed E-state index contributed by atoms with van der Waals surface area (Å²) in [5.41, 5.74) is 4.74. The van der Waals surface area contributed by atoms with Crippen molar-refractivity contribution in [2.24, 2.45) is 0 Å². The molecule has 0 saturated heterocycles. The summed E-state index contributed by atoms with van der Waals surface area (Å²) in [6.07, 6.45) is 0. The van der Waals surface area contributed by atoms with Gasteiger partial charge in [-0.05, 0) is 36.2 Å². The molecular weight excluding hydrogens is 212 g/mol. The number of benzene rings is 2. The maximum absolute atomic E-state index is 12.2. The number of carbonyl (C=O) groups is 1. The van der Waals surface area contributed by atoms with Gasteiger partial charge in [-0.3, -0.25) is 4.79 Å². The van der Waals surface area contributed by atoms with Gasteiger partial charge in [0.1, 0.15) is 5.75 Å². The molecule has 84 valence electrons. The number of hydrogen-bond acceptors (Lipinski definition) is 2. The largest absolute Gasteiger partial charge is 0.497 e. The van der Waals surface area contributed by atoms with Crippen LogP contribution in [-0.2, 0) is 0 Å². The van der Waals surface area contributed by atoms with Crippen molar-refractivity contribution in [3.63, 3.8) is 0 Å². The van der Waals surface area contributed by atoms with Crippen LogP contribution in [0.4, 0.5) is 0 Å². The van der Waals surface area contributed by atoms with Crippen LogP contribution >= 0.6 is 0 Å². The molecule has 0 radical (unpaired) electrons. The summed E-state index contributed by atoms with van der Waals surface area (Å²) in [6, 6.07) is 11.6. The molecule has 0 spiro atoms. The second-order valence-electron chi connectivity index (χ2n) is 4.29. The van der Waals surface area contributed by atoms with Gasteiger partial charge in [0.15, 0.2) is 5.78 Å². The van der Waals surface area contributed by atoms with Crippen LogP contribution in [0.1, 0.15) is 21.5 Å². The molecule has 1 aliphatic carbocycles. The highest BCUT2D eigenvalue weighted by Crippen LogP contribution is 2.38. The maximum atomic E-state index is 12.2. The van der Waals surface area contributed by atoms with E-state index in [4.69, 9.17) is 4.74 Å². The summed E-state index contributed by atoms with van der Waals surface area (Å²) in [5.74, 6) is 0.815. The van der Waals surface area contributed by atoms with Crippen molar-refractivity contribution in [3.05, 3.63) is 53.1 Å². The van der Waals surface area contributed by atoms with Gasteiger partial charge in [0.25, 0.3) is 0 Å². The Morgan fingerprint density at radius 2 is 1.65 bits per heavy atom. The minimum atomic E-state index is 0.0916. The maximum Gasteiger partial charge on any atom is 0.194 e. The third kappa shape index (κ3) is 1.37. The summed E-state index contributed by atoms with van der Waals surface area (Å²) < 4.78 is 5.16. The molecule has 0 aromatic heterocycles. The first kappa shape index (κ1) is 10.1. The second-order valence-corrected chi connectivity index (χ2v) is 4.29. The normalized spacial score (nSPS) is 12.2. The second kappa shape index (κ2) is 3.45. The highest BCUT2D eigenvalue weighted by atomic mass is 16.5. The van der Waals surface area contributed by atoms with Crippen LogP contribution in [-0.4, -0.2) is 12.9 Å². The van der Waals surface area contributed by atoms with Crippen LogP contribution in [0.15, 0.2) is 36.4 Å². The lowest BCUT2D eigenvalue weighted by Crippen LogP contribution is -1.95. The molecule has 2 aromatic carbocycles. The summed E-state index contributed by atoms with van der Waals surface area (Å²) in [4.78, 5) is 12.2. The van der Waals surface area contributed by atoms with Gasteiger partial charge in [-0.15, -0.1) is 0 Å². The first-order valence-corrected chi connectivity index (χ1v) is 5.54. The van der Waals surface area contributed by atoms with Crippen molar-refractivity contribution in [1.29, 1.82) is 0 Å². The molecule has 0 atom stereocenters. The zero-order valence-electron chi connectivity index (χ0n) is 9.78. The Labute approximate surface area is 99.9 Å². The number of aryl methyl sites for hydroxylation is 1. The molecule has 1 aliphatic rings. The van der Waals surface area contributed by atoms with Crippen LogP contribution in [0.5, 0.6) is 5.75 Å². The Morgan fingerprint density at radius 3 is 2.41 bits per heavy atom. The molecule has 0 unspecified atom stereocenters. The van der Waals surface area contributed by atoms with E-state index in [0.717, 1.165) is 28.0 Å². The summed E-state index contributed by atoms with van der Waals surface area (Å²) in [5, 5.41) is 0. The predicted molar refractivity (Wildman–Crippen MR) is 66.6 cm³/mol. The number of hydrogen-bond donors (Lipinski definition) is 0. The topological polar surface area (TPSA) is 26.3 Å². The van der Waals surface area contributed by atoms with Gasteiger partial charge >= 0.3 is 0 Å². The number of rotatable bonds is 1.